The summed E-state index contributed by atoms with van der Waals surface area (Å²) in [4.78, 5) is 11.4. The fraction of sp³-hybridized carbons (Fsp3) is 0.533. The van der Waals surface area contributed by atoms with Crippen LogP contribution in [0, 0.1) is 12.3 Å². The van der Waals surface area contributed by atoms with Gasteiger partial charge in [0.2, 0.25) is 5.91 Å². The van der Waals surface area contributed by atoms with Gasteiger partial charge >= 0.3 is 0 Å². The van der Waals surface area contributed by atoms with Crippen molar-refractivity contribution in [2.24, 2.45) is 5.41 Å². The Labute approximate surface area is 110 Å². The van der Waals surface area contributed by atoms with Crippen molar-refractivity contribution in [1.29, 1.82) is 0 Å². The van der Waals surface area contributed by atoms with E-state index in [0.29, 0.717) is 6.42 Å². The van der Waals surface area contributed by atoms with Gasteiger partial charge in [-0.1, -0.05) is 33.8 Å². The smallest absolute Gasteiger partial charge is 0.224 e. The van der Waals surface area contributed by atoms with Gasteiger partial charge in [0.05, 0.1) is 0 Å². The van der Waals surface area contributed by atoms with Crippen LogP contribution in [0.5, 0.6) is 0 Å². The third-order valence-electron chi connectivity index (χ3n) is 2.65. The number of amides is 1. The van der Waals surface area contributed by atoms with Crippen LogP contribution in [-0.4, -0.2) is 12.5 Å². The summed E-state index contributed by atoms with van der Waals surface area (Å²) < 4.78 is 0. The third kappa shape index (κ3) is 4.78. The Morgan fingerprint density at radius 1 is 1.28 bits per heavy atom. The number of rotatable bonds is 4. The second-order valence-electron chi connectivity index (χ2n) is 5.85. The van der Waals surface area contributed by atoms with E-state index in [9.17, 15) is 4.79 Å². The molecule has 0 atom stereocenters. The van der Waals surface area contributed by atoms with Gasteiger partial charge in [-0.2, -0.15) is 0 Å². The summed E-state index contributed by atoms with van der Waals surface area (Å²) in [5.74, 6) is 0.0422. The zero-order chi connectivity index (χ0) is 13.8. The molecule has 1 aromatic rings. The Hall–Kier alpha value is -1.51. The summed E-state index contributed by atoms with van der Waals surface area (Å²) in [7, 11) is 0. The molecule has 1 amide bonds. The number of benzene rings is 1. The molecule has 3 nitrogen and oxygen atoms in total. The van der Waals surface area contributed by atoms with Crippen molar-refractivity contribution in [3.05, 3.63) is 23.8 Å². The van der Waals surface area contributed by atoms with Crippen LogP contribution < -0.4 is 10.6 Å². The monoisotopic (exact) mass is 248 g/mol. The fourth-order valence-electron chi connectivity index (χ4n) is 1.50. The first-order chi connectivity index (χ1) is 8.31. The molecule has 0 aromatic heterocycles. The van der Waals surface area contributed by atoms with Gasteiger partial charge in [0, 0.05) is 24.3 Å². The number of aryl methyl sites for hydroxylation is 1. The van der Waals surface area contributed by atoms with Gasteiger partial charge in [-0.05, 0) is 30.0 Å². The number of hydrogen-bond acceptors (Lipinski definition) is 2. The van der Waals surface area contributed by atoms with Crippen LogP contribution in [0.3, 0.4) is 0 Å². The Bertz CT molecular complexity index is 419. The average molecular weight is 248 g/mol. The molecule has 0 bridgehead atoms. The number of hydrogen-bond donors (Lipinski definition) is 2. The van der Waals surface area contributed by atoms with E-state index in [1.54, 1.807) is 0 Å². The molecule has 0 radical (unpaired) electrons. The zero-order valence-electron chi connectivity index (χ0n) is 12.1. The van der Waals surface area contributed by atoms with Crippen LogP contribution in [0.4, 0.5) is 11.4 Å². The molecule has 0 saturated heterocycles. The standard InChI is InChI=1S/C15H24N2O/c1-6-14(18)17-12-8-7-11(2)13(9-12)16-10-15(3,4)5/h7-9,16H,6,10H2,1-5H3,(H,17,18). The Kier molecular flexibility index (Phi) is 4.76. The molecule has 0 spiro atoms. The van der Waals surface area contributed by atoms with Crippen molar-refractivity contribution in [3.63, 3.8) is 0 Å². The van der Waals surface area contributed by atoms with E-state index >= 15 is 0 Å². The lowest BCUT2D eigenvalue weighted by Crippen LogP contribution is -2.19. The fourth-order valence-corrected chi connectivity index (χ4v) is 1.50. The highest BCUT2D eigenvalue weighted by atomic mass is 16.1. The minimum atomic E-state index is 0.0422. The van der Waals surface area contributed by atoms with Crippen molar-refractivity contribution < 1.29 is 4.79 Å². The van der Waals surface area contributed by atoms with Gasteiger partial charge in [0.25, 0.3) is 0 Å². The summed E-state index contributed by atoms with van der Waals surface area (Å²) in [6, 6.07) is 5.95. The zero-order valence-corrected chi connectivity index (χ0v) is 12.1. The molecule has 0 aliphatic rings. The first kappa shape index (κ1) is 14.6. The number of carbonyl (C=O) groups is 1. The molecule has 100 valence electrons. The predicted octanol–water partition coefficient (Wildman–Crippen LogP) is 3.80. The van der Waals surface area contributed by atoms with Crippen molar-refractivity contribution in [1.82, 2.24) is 0 Å². The number of carbonyl (C=O) groups excluding carboxylic acids is 1. The van der Waals surface area contributed by atoms with Gasteiger partial charge in [0.1, 0.15) is 0 Å². The quantitative estimate of drug-likeness (QED) is 0.851. The van der Waals surface area contributed by atoms with Crippen LogP contribution in [0.15, 0.2) is 18.2 Å². The second kappa shape index (κ2) is 5.89. The molecule has 0 aliphatic heterocycles. The van der Waals surface area contributed by atoms with Gasteiger partial charge < -0.3 is 10.6 Å². The molecule has 3 heteroatoms. The van der Waals surface area contributed by atoms with Crippen molar-refractivity contribution in [3.8, 4) is 0 Å². The molecule has 1 aromatic carbocycles. The summed E-state index contributed by atoms with van der Waals surface area (Å²) in [6.45, 7) is 11.4. The van der Waals surface area contributed by atoms with E-state index < -0.39 is 0 Å². The highest BCUT2D eigenvalue weighted by Crippen LogP contribution is 2.22. The molecular formula is C15H24N2O. The van der Waals surface area contributed by atoms with Crippen LogP contribution in [0.25, 0.3) is 0 Å². The Balaban J connectivity index is 2.78. The molecule has 0 unspecified atom stereocenters. The van der Waals surface area contributed by atoms with Crippen molar-refractivity contribution in [2.45, 2.75) is 41.0 Å². The topological polar surface area (TPSA) is 41.1 Å². The molecular weight excluding hydrogens is 224 g/mol. The Morgan fingerprint density at radius 3 is 2.50 bits per heavy atom. The highest BCUT2D eigenvalue weighted by molar-refractivity contribution is 5.91. The molecule has 0 heterocycles. The van der Waals surface area contributed by atoms with E-state index in [-0.39, 0.29) is 11.3 Å². The first-order valence-corrected chi connectivity index (χ1v) is 6.46. The lowest BCUT2D eigenvalue weighted by atomic mass is 9.96. The summed E-state index contributed by atoms with van der Waals surface area (Å²) >= 11 is 0. The van der Waals surface area contributed by atoms with E-state index in [1.165, 1.54) is 5.56 Å². The second-order valence-corrected chi connectivity index (χ2v) is 5.85. The highest BCUT2D eigenvalue weighted by Gasteiger charge is 2.10. The first-order valence-electron chi connectivity index (χ1n) is 6.46. The largest absolute Gasteiger partial charge is 0.384 e. The van der Waals surface area contributed by atoms with Gasteiger partial charge in [0.15, 0.2) is 0 Å². The molecule has 0 saturated carbocycles. The Morgan fingerprint density at radius 2 is 1.94 bits per heavy atom. The number of anilines is 2. The van der Waals surface area contributed by atoms with Crippen LogP contribution in [0.1, 0.15) is 39.7 Å². The molecule has 0 aliphatic carbocycles. The molecule has 18 heavy (non-hydrogen) atoms. The lowest BCUT2D eigenvalue weighted by molar-refractivity contribution is -0.115. The van der Waals surface area contributed by atoms with Crippen molar-refractivity contribution in [2.75, 3.05) is 17.2 Å². The minimum Gasteiger partial charge on any atom is -0.384 e. The summed E-state index contributed by atoms with van der Waals surface area (Å²) in [5, 5.41) is 6.31. The van der Waals surface area contributed by atoms with Crippen LogP contribution >= 0.6 is 0 Å². The predicted molar refractivity (Wildman–Crippen MR) is 78.0 cm³/mol. The number of nitrogens with one attached hydrogen (secondary N) is 2. The van der Waals surface area contributed by atoms with E-state index in [4.69, 9.17) is 0 Å². The maximum Gasteiger partial charge on any atom is 0.224 e. The maximum atomic E-state index is 11.4. The third-order valence-corrected chi connectivity index (χ3v) is 2.65. The van der Waals surface area contributed by atoms with Gasteiger partial charge in [-0.3, -0.25) is 4.79 Å². The molecule has 1 rings (SSSR count). The van der Waals surface area contributed by atoms with E-state index in [1.807, 2.05) is 25.1 Å². The maximum absolute atomic E-state index is 11.4. The molecule has 0 fully saturated rings. The van der Waals surface area contributed by atoms with E-state index in [0.717, 1.165) is 17.9 Å². The van der Waals surface area contributed by atoms with Crippen LogP contribution in [0.2, 0.25) is 0 Å². The minimum absolute atomic E-state index is 0.0422. The SMILES string of the molecule is CCC(=O)Nc1ccc(C)c(NCC(C)(C)C)c1. The van der Waals surface area contributed by atoms with Crippen molar-refractivity contribution >= 4 is 17.3 Å². The average Bonchev–Trinajstić information content (AvgIpc) is 2.28. The van der Waals surface area contributed by atoms with Gasteiger partial charge in [-0.25, -0.2) is 0 Å². The van der Waals surface area contributed by atoms with Gasteiger partial charge in [-0.15, -0.1) is 0 Å². The van der Waals surface area contributed by atoms with Crippen LogP contribution in [-0.2, 0) is 4.79 Å². The summed E-state index contributed by atoms with van der Waals surface area (Å²) in [5.41, 5.74) is 3.35. The summed E-state index contributed by atoms with van der Waals surface area (Å²) in [6.07, 6.45) is 0.499. The molecule has 2 N–H and O–H groups in total. The van der Waals surface area contributed by atoms with E-state index in [2.05, 4.69) is 38.3 Å². The normalized spacial score (nSPS) is 11.2. The lowest BCUT2D eigenvalue weighted by Gasteiger charge is -2.21.